The summed E-state index contributed by atoms with van der Waals surface area (Å²) in [7, 11) is 1.46. The average molecular weight is 238 g/mol. The number of methoxy groups -OCH3 is 1. The lowest BCUT2D eigenvalue weighted by Gasteiger charge is -2.10. The Labute approximate surface area is 99.3 Å². The van der Waals surface area contributed by atoms with Crippen LogP contribution in [0.2, 0.25) is 0 Å². The Bertz CT molecular complexity index is 400. The number of hydrogen-bond acceptors (Lipinski definition) is 5. The summed E-state index contributed by atoms with van der Waals surface area (Å²) in [5.74, 6) is 0.346. The number of carbonyl (C=O) groups excluding carboxylic acids is 2. The van der Waals surface area contributed by atoms with E-state index in [4.69, 9.17) is 14.2 Å². The van der Waals surface area contributed by atoms with Crippen LogP contribution < -0.4 is 9.47 Å². The van der Waals surface area contributed by atoms with Gasteiger partial charge < -0.3 is 14.2 Å². The topological polar surface area (TPSA) is 61.8 Å². The van der Waals surface area contributed by atoms with E-state index in [-0.39, 0.29) is 6.61 Å². The monoisotopic (exact) mass is 238 g/mol. The van der Waals surface area contributed by atoms with Crippen molar-refractivity contribution in [3.8, 4) is 11.5 Å². The molecule has 0 saturated heterocycles. The number of aldehydes is 1. The van der Waals surface area contributed by atoms with E-state index in [0.29, 0.717) is 30.0 Å². The van der Waals surface area contributed by atoms with Crippen molar-refractivity contribution >= 4 is 12.3 Å². The van der Waals surface area contributed by atoms with Gasteiger partial charge in [0.15, 0.2) is 18.1 Å². The predicted octanol–water partition coefficient (Wildman–Crippen LogP) is 1.45. The summed E-state index contributed by atoms with van der Waals surface area (Å²) in [6, 6.07) is 4.69. The van der Waals surface area contributed by atoms with Crippen LogP contribution in [0.1, 0.15) is 17.3 Å². The van der Waals surface area contributed by atoms with Crippen LogP contribution >= 0.6 is 0 Å². The van der Waals surface area contributed by atoms with Gasteiger partial charge in [0.2, 0.25) is 0 Å². The average Bonchev–Trinajstić information content (AvgIpc) is 2.36. The highest BCUT2D eigenvalue weighted by Gasteiger charge is 2.08. The Morgan fingerprint density at radius 1 is 1.35 bits per heavy atom. The summed E-state index contributed by atoms with van der Waals surface area (Å²) in [6.07, 6.45) is 0.706. The quantitative estimate of drug-likeness (QED) is 0.554. The van der Waals surface area contributed by atoms with Gasteiger partial charge in [0.25, 0.3) is 0 Å². The fourth-order valence-corrected chi connectivity index (χ4v) is 1.22. The molecule has 0 atom stereocenters. The lowest BCUT2D eigenvalue weighted by Crippen LogP contribution is -2.14. The molecule has 1 aromatic rings. The van der Waals surface area contributed by atoms with Gasteiger partial charge in [-0.1, -0.05) is 0 Å². The molecule has 0 radical (unpaired) electrons. The van der Waals surface area contributed by atoms with E-state index in [1.165, 1.54) is 13.2 Å². The smallest absolute Gasteiger partial charge is 0.344 e. The zero-order valence-electron chi connectivity index (χ0n) is 9.76. The number of rotatable bonds is 6. The van der Waals surface area contributed by atoms with Crippen molar-refractivity contribution in [3.63, 3.8) is 0 Å². The number of benzene rings is 1. The highest BCUT2D eigenvalue weighted by molar-refractivity contribution is 5.76. The number of ether oxygens (including phenoxy) is 3. The van der Waals surface area contributed by atoms with Gasteiger partial charge in [-0.05, 0) is 25.1 Å². The fraction of sp³-hybridized carbons (Fsp3) is 0.333. The minimum atomic E-state index is -0.450. The Kier molecular flexibility index (Phi) is 5.00. The molecule has 92 valence electrons. The molecule has 1 rings (SSSR count). The van der Waals surface area contributed by atoms with Crippen molar-refractivity contribution in [2.24, 2.45) is 0 Å². The lowest BCUT2D eigenvalue weighted by atomic mass is 10.2. The Morgan fingerprint density at radius 2 is 2.12 bits per heavy atom. The van der Waals surface area contributed by atoms with Gasteiger partial charge in [-0.25, -0.2) is 4.79 Å². The second kappa shape index (κ2) is 6.52. The van der Waals surface area contributed by atoms with Crippen LogP contribution in [0.5, 0.6) is 11.5 Å². The largest absolute Gasteiger partial charge is 0.493 e. The zero-order valence-corrected chi connectivity index (χ0v) is 9.76. The Morgan fingerprint density at radius 3 is 2.71 bits per heavy atom. The van der Waals surface area contributed by atoms with E-state index in [1.807, 2.05) is 0 Å². The molecule has 1 aromatic carbocycles. The van der Waals surface area contributed by atoms with E-state index in [0.717, 1.165) is 0 Å². The Hall–Kier alpha value is -2.04. The molecule has 0 heterocycles. The van der Waals surface area contributed by atoms with Gasteiger partial charge in [0.05, 0.1) is 13.7 Å². The van der Waals surface area contributed by atoms with Crippen LogP contribution in [0.3, 0.4) is 0 Å². The summed E-state index contributed by atoms with van der Waals surface area (Å²) >= 11 is 0. The third-order valence-corrected chi connectivity index (χ3v) is 1.97. The van der Waals surface area contributed by atoms with Crippen LogP contribution in [0.15, 0.2) is 18.2 Å². The molecule has 0 aromatic heterocycles. The maximum absolute atomic E-state index is 11.1. The molecule has 0 bridgehead atoms. The number of hydrogen-bond donors (Lipinski definition) is 0. The van der Waals surface area contributed by atoms with Crippen LogP contribution in [-0.2, 0) is 9.53 Å². The van der Waals surface area contributed by atoms with E-state index in [9.17, 15) is 9.59 Å². The molecule has 0 amide bonds. The first-order valence-corrected chi connectivity index (χ1v) is 5.13. The highest BCUT2D eigenvalue weighted by Crippen LogP contribution is 2.27. The molecular formula is C12H14O5. The van der Waals surface area contributed by atoms with Crippen molar-refractivity contribution in [1.29, 1.82) is 0 Å². The standard InChI is InChI=1S/C12H14O5/c1-3-16-12(14)8-17-10-5-4-9(7-13)6-11(10)15-2/h4-7H,3,8H2,1-2H3. The van der Waals surface area contributed by atoms with Crippen LogP contribution in [-0.4, -0.2) is 32.6 Å². The minimum Gasteiger partial charge on any atom is -0.493 e. The lowest BCUT2D eigenvalue weighted by molar-refractivity contribution is -0.145. The number of esters is 1. The van der Waals surface area contributed by atoms with E-state index in [1.54, 1.807) is 19.1 Å². The van der Waals surface area contributed by atoms with E-state index in [2.05, 4.69) is 0 Å². The van der Waals surface area contributed by atoms with Crippen molar-refractivity contribution in [2.75, 3.05) is 20.3 Å². The van der Waals surface area contributed by atoms with Crippen molar-refractivity contribution in [3.05, 3.63) is 23.8 Å². The van der Waals surface area contributed by atoms with Gasteiger partial charge in [-0.3, -0.25) is 4.79 Å². The van der Waals surface area contributed by atoms with Gasteiger partial charge in [-0.15, -0.1) is 0 Å². The summed E-state index contributed by atoms with van der Waals surface area (Å²) < 4.78 is 15.0. The molecule has 17 heavy (non-hydrogen) atoms. The first kappa shape index (κ1) is 13.0. The fourth-order valence-electron chi connectivity index (χ4n) is 1.22. The molecule has 0 fully saturated rings. The molecule has 0 aliphatic rings. The zero-order chi connectivity index (χ0) is 12.7. The first-order chi connectivity index (χ1) is 8.21. The molecule has 0 aliphatic heterocycles. The van der Waals surface area contributed by atoms with E-state index < -0.39 is 5.97 Å². The second-order valence-electron chi connectivity index (χ2n) is 3.12. The molecular weight excluding hydrogens is 224 g/mol. The molecule has 0 unspecified atom stereocenters. The van der Waals surface area contributed by atoms with Gasteiger partial charge in [0, 0.05) is 5.56 Å². The third kappa shape index (κ3) is 3.79. The van der Waals surface area contributed by atoms with Crippen LogP contribution in [0.25, 0.3) is 0 Å². The molecule has 0 N–H and O–H groups in total. The second-order valence-corrected chi connectivity index (χ2v) is 3.12. The van der Waals surface area contributed by atoms with Crippen molar-refractivity contribution < 1.29 is 23.8 Å². The SMILES string of the molecule is CCOC(=O)COc1ccc(C=O)cc1OC. The van der Waals surface area contributed by atoms with Gasteiger partial charge in [-0.2, -0.15) is 0 Å². The van der Waals surface area contributed by atoms with Crippen molar-refractivity contribution in [1.82, 2.24) is 0 Å². The molecule has 0 saturated carbocycles. The molecule has 5 nitrogen and oxygen atoms in total. The predicted molar refractivity (Wildman–Crippen MR) is 60.5 cm³/mol. The molecule has 0 aliphatic carbocycles. The summed E-state index contributed by atoms with van der Waals surface area (Å²) in [4.78, 5) is 21.7. The molecule has 5 heteroatoms. The number of carbonyl (C=O) groups is 2. The summed E-state index contributed by atoms with van der Waals surface area (Å²) in [5.41, 5.74) is 0.477. The third-order valence-electron chi connectivity index (χ3n) is 1.97. The first-order valence-electron chi connectivity index (χ1n) is 5.13. The van der Waals surface area contributed by atoms with E-state index >= 15 is 0 Å². The normalized spacial score (nSPS) is 9.53. The van der Waals surface area contributed by atoms with Crippen LogP contribution in [0, 0.1) is 0 Å². The summed E-state index contributed by atoms with van der Waals surface area (Å²) in [5, 5.41) is 0. The van der Waals surface area contributed by atoms with Crippen LogP contribution in [0.4, 0.5) is 0 Å². The van der Waals surface area contributed by atoms with Gasteiger partial charge in [0.1, 0.15) is 6.29 Å². The maximum atomic E-state index is 11.1. The molecule has 0 spiro atoms. The van der Waals surface area contributed by atoms with Gasteiger partial charge >= 0.3 is 5.97 Å². The van der Waals surface area contributed by atoms with Crippen molar-refractivity contribution in [2.45, 2.75) is 6.92 Å². The Balaban J connectivity index is 2.70. The maximum Gasteiger partial charge on any atom is 0.344 e. The highest BCUT2D eigenvalue weighted by atomic mass is 16.6. The summed E-state index contributed by atoms with van der Waals surface area (Å²) in [6.45, 7) is 1.84. The minimum absolute atomic E-state index is 0.190.